The van der Waals surface area contributed by atoms with E-state index in [1.54, 1.807) is 17.9 Å². The van der Waals surface area contributed by atoms with Crippen LogP contribution < -0.4 is 15.4 Å². The van der Waals surface area contributed by atoms with Gasteiger partial charge in [-0.25, -0.2) is 0 Å². The topological polar surface area (TPSA) is 55.6 Å². The van der Waals surface area contributed by atoms with Gasteiger partial charge in [-0.05, 0) is 31.4 Å². The third-order valence-electron chi connectivity index (χ3n) is 3.15. The van der Waals surface area contributed by atoms with Crippen LogP contribution in [0.1, 0.15) is 27.2 Å². The van der Waals surface area contributed by atoms with E-state index < -0.39 is 6.10 Å². The van der Waals surface area contributed by atoms with E-state index >= 15 is 0 Å². The number of hydrogen-bond donors (Lipinski definition) is 1. The van der Waals surface area contributed by atoms with E-state index in [2.05, 4.69) is 13.8 Å². The van der Waals surface area contributed by atoms with Crippen LogP contribution in [0.5, 0.6) is 5.75 Å². The fourth-order valence-corrected chi connectivity index (χ4v) is 2.10. The first kappa shape index (κ1) is 12.7. The molecular formula is C14H20N2O2. The largest absolute Gasteiger partial charge is 0.479 e. The number of anilines is 2. The quantitative estimate of drug-likeness (QED) is 0.836. The molecule has 0 saturated heterocycles. The average molecular weight is 248 g/mol. The Morgan fingerprint density at radius 2 is 2.17 bits per heavy atom. The summed E-state index contributed by atoms with van der Waals surface area (Å²) in [6.45, 7) is 6.75. The Morgan fingerprint density at radius 3 is 2.83 bits per heavy atom. The number of nitrogen functional groups attached to an aromatic ring is 1. The van der Waals surface area contributed by atoms with Gasteiger partial charge in [0.15, 0.2) is 6.10 Å². The smallest absolute Gasteiger partial charge is 0.267 e. The van der Waals surface area contributed by atoms with Gasteiger partial charge in [0.25, 0.3) is 5.91 Å². The van der Waals surface area contributed by atoms with Crippen LogP contribution in [0.4, 0.5) is 11.4 Å². The van der Waals surface area contributed by atoms with Crippen molar-refractivity contribution in [1.82, 2.24) is 0 Å². The van der Waals surface area contributed by atoms with Gasteiger partial charge in [-0.1, -0.05) is 19.9 Å². The maximum absolute atomic E-state index is 12.2. The summed E-state index contributed by atoms with van der Waals surface area (Å²) in [5.41, 5.74) is 7.29. The average Bonchev–Trinajstić information content (AvgIpc) is 2.30. The number of hydrogen-bond acceptors (Lipinski definition) is 3. The van der Waals surface area contributed by atoms with Crippen LogP contribution in [-0.4, -0.2) is 18.6 Å². The molecule has 0 saturated carbocycles. The highest BCUT2D eigenvalue weighted by molar-refractivity contribution is 6.02. The molecule has 0 fully saturated rings. The Morgan fingerprint density at radius 1 is 1.44 bits per heavy atom. The third-order valence-corrected chi connectivity index (χ3v) is 3.15. The van der Waals surface area contributed by atoms with Crippen molar-refractivity contribution in [2.24, 2.45) is 5.92 Å². The molecule has 18 heavy (non-hydrogen) atoms. The first-order valence-electron chi connectivity index (χ1n) is 6.37. The molecule has 0 bridgehead atoms. The van der Waals surface area contributed by atoms with Crippen molar-refractivity contribution in [2.75, 3.05) is 17.2 Å². The molecule has 2 N–H and O–H groups in total. The molecule has 1 aromatic rings. The van der Waals surface area contributed by atoms with Gasteiger partial charge < -0.3 is 15.4 Å². The zero-order valence-electron chi connectivity index (χ0n) is 11.1. The summed E-state index contributed by atoms with van der Waals surface area (Å²) in [4.78, 5) is 14.0. The lowest BCUT2D eigenvalue weighted by atomic mass is 10.1. The molecule has 1 aliphatic heterocycles. The number of carbonyl (C=O) groups is 1. The zero-order valence-corrected chi connectivity index (χ0v) is 11.1. The van der Waals surface area contributed by atoms with Gasteiger partial charge in [0.2, 0.25) is 0 Å². The van der Waals surface area contributed by atoms with Crippen molar-refractivity contribution in [3.63, 3.8) is 0 Å². The minimum Gasteiger partial charge on any atom is -0.479 e. The molecular weight excluding hydrogens is 228 g/mol. The van der Waals surface area contributed by atoms with Crippen LogP contribution in [0.2, 0.25) is 0 Å². The van der Waals surface area contributed by atoms with E-state index in [0.717, 1.165) is 12.1 Å². The number of amides is 1. The lowest BCUT2D eigenvalue weighted by molar-refractivity contribution is -0.125. The van der Waals surface area contributed by atoms with Crippen LogP contribution in [0, 0.1) is 5.92 Å². The predicted octanol–water partition coefficient (Wildman–Crippen LogP) is 2.43. The number of nitrogens with zero attached hydrogens (tertiary/aromatic N) is 1. The highest BCUT2D eigenvalue weighted by Crippen LogP contribution is 2.38. The molecule has 0 spiro atoms. The van der Waals surface area contributed by atoms with E-state index in [9.17, 15) is 4.79 Å². The monoisotopic (exact) mass is 248 g/mol. The molecule has 98 valence electrons. The second-order valence-corrected chi connectivity index (χ2v) is 5.13. The van der Waals surface area contributed by atoms with E-state index in [-0.39, 0.29) is 5.91 Å². The number of benzene rings is 1. The molecule has 4 nitrogen and oxygen atoms in total. The molecule has 1 amide bonds. The van der Waals surface area contributed by atoms with Crippen molar-refractivity contribution in [3.8, 4) is 5.75 Å². The van der Waals surface area contributed by atoms with Crippen LogP contribution in [0.15, 0.2) is 18.2 Å². The zero-order chi connectivity index (χ0) is 13.3. The normalized spacial score (nSPS) is 18.8. The van der Waals surface area contributed by atoms with Gasteiger partial charge in [0, 0.05) is 6.54 Å². The highest BCUT2D eigenvalue weighted by atomic mass is 16.5. The Labute approximate surface area is 108 Å². The van der Waals surface area contributed by atoms with E-state index in [1.807, 2.05) is 12.1 Å². The molecule has 0 radical (unpaired) electrons. The van der Waals surface area contributed by atoms with Gasteiger partial charge in [-0.15, -0.1) is 0 Å². The third kappa shape index (κ3) is 2.28. The number of carbonyl (C=O) groups excluding carboxylic acids is 1. The summed E-state index contributed by atoms with van der Waals surface area (Å²) in [6.07, 6.45) is 0.512. The maximum Gasteiger partial charge on any atom is 0.267 e. The second-order valence-electron chi connectivity index (χ2n) is 5.13. The summed E-state index contributed by atoms with van der Waals surface area (Å²) >= 11 is 0. The van der Waals surface area contributed by atoms with Gasteiger partial charge in [-0.2, -0.15) is 0 Å². The minimum atomic E-state index is -0.438. The Kier molecular flexibility index (Phi) is 3.45. The van der Waals surface area contributed by atoms with Crippen molar-refractivity contribution >= 4 is 17.3 Å². The van der Waals surface area contributed by atoms with Crippen molar-refractivity contribution in [2.45, 2.75) is 33.3 Å². The molecule has 1 unspecified atom stereocenters. The number of nitrogens with two attached hydrogens (primary N) is 1. The van der Waals surface area contributed by atoms with Crippen LogP contribution in [0.25, 0.3) is 0 Å². The predicted molar refractivity (Wildman–Crippen MR) is 72.8 cm³/mol. The van der Waals surface area contributed by atoms with Crippen molar-refractivity contribution < 1.29 is 9.53 Å². The summed E-state index contributed by atoms with van der Waals surface area (Å²) < 4.78 is 5.59. The first-order valence-corrected chi connectivity index (χ1v) is 6.37. The Hall–Kier alpha value is -1.71. The lowest BCUT2D eigenvalue weighted by Gasteiger charge is -2.34. The fraction of sp³-hybridized carbons (Fsp3) is 0.500. The summed E-state index contributed by atoms with van der Waals surface area (Å²) in [7, 11) is 0. The molecule has 4 heteroatoms. The molecule has 0 aromatic heterocycles. The lowest BCUT2D eigenvalue weighted by Crippen LogP contribution is -2.45. The van der Waals surface area contributed by atoms with Crippen LogP contribution in [-0.2, 0) is 4.79 Å². The summed E-state index contributed by atoms with van der Waals surface area (Å²) in [5, 5.41) is 0. The molecule has 1 atom stereocenters. The van der Waals surface area contributed by atoms with Crippen LogP contribution in [0.3, 0.4) is 0 Å². The van der Waals surface area contributed by atoms with E-state index in [0.29, 0.717) is 23.9 Å². The summed E-state index contributed by atoms with van der Waals surface area (Å²) in [6, 6.07) is 5.50. The summed E-state index contributed by atoms with van der Waals surface area (Å²) in [5.74, 6) is 1.23. The fourth-order valence-electron chi connectivity index (χ4n) is 2.10. The molecule has 2 rings (SSSR count). The van der Waals surface area contributed by atoms with Gasteiger partial charge in [0.1, 0.15) is 11.4 Å². The Balaban J connectivity index is 2.35. The number of fused-ring (bicyclic) bond motifs is 1. The SMILES string of the molecule is CC(C)CCN1C(=O)C(C)Oc2cccc(N)c21. The first-order chi connectivity index (χ1) is 8.50. The maximum atomic E-state index is 12.2. The van der Waals surface area contributed by atoms with Gasteiger partial charge in [-0.3, -0.25) is 4.79 Å². The van der Waals surface area contributed by atoms with Crippen molar-refractivity contribution in [3.05, 3.63) is 18.2 Å². The minimum absolute atomic E-state index is 0.0129. The van der Waals surface area contributed by atoms with Gasteiger partial charge >= 0.3 is 0 Å². The highest BCUT2D eigenvalue weighted by Gasteiger charge is 2.32. The molecule has 0 aliphatic carbocycles. The van der Waals surface area contributed by atoms with E-state index in [4.69, 9.17) is 10.5 Å². The Bertz CT molecular complexity index is 457. The molecule has 1 heterocycles. The molecule has 1 aromatic carbocycles. The second kappa shape index (κ2) is 4.88. The van der Waals surface area contributed by atoms with E-state index in [1.165, 1.54) is 0 Å². The van der Waals surface area contributed by atoms with Crippen molar-refractivity contribution in [1.29, 1.82) is 0 Å². The number of rotatable bonds is 3. The number of ether oxygens (including phenoxy) is 1. The molecule has 1 aliphatic rings. The standard InChI is InChI=1S/C14H20N2O2/c1-9(2)7-8-16-13-11(15)5-4-6-12(13)18-10(3)14(16)17/h4-6,9-10H,7-8,15H2,1-3H3. The van der Waals surface area contributed by atoms with Gasteiger partial charge in [0.05, 0.1) is 5.69 Å². The van der Waals surface area contributed by atoms with Crippen LogP contribution >= 0.6 is 0 Å². The number of para-hydroxylation sites is 1.